The molecule has 1 aromatic heterocycles. The highest BCUT2D eigenvalue weighted by atomic mass is 19.1. The largest absolute Gasteiger partial charge is 0.487 e. The third-order valence-corrected chi connectivity index (χ3v) is 2.86. The first-order valence-corrected chi connectivity index (χ1v) is 5.30. The SMILES string of the molecule is O=C(O)c1ccc2c(c1)COc1cnc(F)cc1-2. The van der Waals surface area contributed by atoms with Crippen LogP contribution >= 0.6 is 0 Å². The van der Waals surface area contributed by atoms with Gasteiger partial charge in [-0.15, -0.1) is 0 Å². The van der Waals surface area contributed by atoms with E-state index < -0.39 is 11.9 Å². The predicted octanol–water partition coefficient (Wildman–Crippen LogP) is 2.48. The molecule has 1 aromatic carbocycles. The van der Waals surface area contributed by atoms with Crippen LogP contribution in [-0.2, 0) is 6.61 Å². The van der Waals surface area contributed by atoms with Crippen molar-refractivity contribution in [2.24, 2.45) is 0 Å². The molecule has 0 amide bonds. The number of hydrogen-bond donors (Lipinski definition) is 1. The van der Waals surface area contributed by atoms with Crippen LogP contribution in [0.4, 0.5) is 4.39 Å². The van der Waals surface area contributed by atoms with Crippen LogP contribution in [0.15, 0.2) is 30.5 Å². The number of aromatic nitrogens is 1. The van der Waals surface area contributed by atoms with Crippen molar-refractivity contribution in [2.45, 2.75) is 6.61 Å². The van der Waals surface area contributed by atoms with Crippen molar-refractivity contribution in [2.75, 3.05) is 0 Å². The molecule has 0 fully saturated rings. The monoisotopic (exact) mass is 245 g/mol. The molecule has 18 heavy (non-hydrogen) atoms. The van der Waals surface area contributed by atoms with Crippen LogP contribution in [0, 0.1) is 5.95 Å². The summed E-state index contributed by atoms with van der Waals surface area (Å²) in [5, 5.41) is 8.91. The lowest BCUT2D eigenvalue weighted by atomic mass is 9.96. The molecule has 2 aromatic rings. The molecule has 1 aliphatic rings. The number of halogens is 1. The van der Waals surface area contributed by atoms with Crippen LogP contribution in [0.2, 0.25) is 0 Å². The summed E-state index contributed by atoms with van der Waals surface area (Å²) in [6.45, 7) is 0.261. The number of carboxylic acid groups (broad SMARTS) is 1. The Balaban J connectivity index is 2.18. The molecule has 0 saturated carbocycles. The molecule has 2 heterocycles. The van der Waals surface area contributed by atoms with Gasteiger partial charge in [0.05, 0.1) is 11.8 Å². The van der Waals surface area contributed by atoms with Gasteiger partial charge < -0.3 is 9.84 Å². The highest BCUT2D eigenvalue weighted by Crippen LogP contribution is 2.37. The van der Waals surface area contributed by atoms with Crippen molar-refractivity contribution in [3.05, 3.63) is 47.5 Å². The fourth-order valence-corrected chi connectivity index (χ4v) is 2.01. The Morgan fingerprint density at radius 1 is 1.33 bits per heavy atom. The van der Waals surface area contributed by atoms with Crippen molar-refractivity contribution in [1.82, 2.24) is 4.98 Å². The molecule has 0 atom stereocenters. The summed E-state index contributed by atoms with van der Waals surface area (Å²) < 4.78 is 18.6. The molecule has 0 saturated heterocycles. The minimum absolute atomic E-state index is 0.190. The third-order valence-electron chi connectivity index (χ3n) is 2.86. The fourth-order valence-electron chi connectivity index (χ4n) is 2.01. The second-order valence-corrected chi connectivity index (χ2v) is 3.97. The Hall–Kier alpha value is -2.43. The summed E-state index contributed by atoms with van der Waals surface area (Å²) in [5.41, 5.74) is 2.30. The van der Waals surface area contributed by atoms with E-state index in [1.165, 1.54) is 18.3 Å². The maximum atomic E-state index is 13.1. The first-order valence-electron chi connectivity index (χ1n) is 5.30. The van der Waals surface area contributed by atoms with Crippen LogP contribution < -0.4 is 4.74 Å². The third kappa shape index (κ3) is 1.60. The number of benzene rings is 1. The second kappa shape index (κ2) is 3.80. The highest BCUT2D eigenvalue weighted by molar-refractivity contribution is 5.89. The summed E-state index contributed by atoms with van der Waals surface area (Å²) in [6, 6.07) is 5.99. The smallest absolute Gasteiger partial charge is 0.335 e. The van der Waals surface area contributed by atoms with Gasteiger partial charge in [-0.3, -0.25) is 0 Å². The van der Waals surface area contributed by atoms with Gasteiger partial charge in [-0.1, -0.05) is 6.07 Å². The van der Waals surface area contributed by atoms with E-state index >= 15 is 0 Å². The maximum absolute atomic E-state index is 13.1. The Morgan fingerprint density at radius 3 is 2.94 bits per heavy atom. The van der Waals surface area contributed by atoms with Gasteiger partial charge in [0, 0.05) is 11.6 Å². The lowest BCUT2D eigenvalue weighted by molar-refractivity contribution is 0.0696. The fraction of sp³-hybridized carbons (Fsp3) is 0.0769. The summed E-state index contributed by atoms with van der Waals surface area (Å²) in [6.07, 6.45) is 1.33. The van der Waals surface area contributed by atoms with Crippen molar-refractivity contribution in [3.63, 3.8) is 0 Å². The summed E-state index contributed by atoms with van der Waals surface area (Å²) in [5.74, 6) is -1.08. The minimum Gasteiger partial charge on any atom is -0.487 e. The normalized spacial score (nSPS) is 12.3. The quantitative estimate of drug-likeness (QED) is 0.784. The van der Waals surface area contributed by atoms with Crippen LogP contribution in [0.1, 0.15) is 15.9 Å². The van der Waals surface area contributed by atoms with Gasteiger partial charge >= 0.3 is 5.97 Å². The number of aromatic carboxylic acids is 1. The van der Waals surface area contributed by atoms with E-state index in [1.54, 1.807) is 12.1 Å². The number of pyridine rings is 1. The summed E-state index contributed by atoms with van der Waals surface area (Å²) in [7, 11) is 0. The molecular formula is C13H8FNO3. The number of hydrogen-bond acceptors (Lipinski definition) is 3. The van der Waals surface area contributed by atoms with Crippen LogP contribution in [-0.4, -0.2) is 16.1 Å². The lowest BCUT2D eigenvalue weighted by Gasteiger charge is -2.20. The standard InChI is InChI=1S/C13H8FNO3/c14-12-4-10-9-2-1-7(13(16)17)3-8(9)6-18-11(10)5-15-12/h1-5H,6H2,(H,16,17). The van der Waals surface area contributed by atoms with E-state index in [1.807, 2.05) is 0 Å². The van der Waals surface area contributed by atoms with E-state index in [0.29, 0.717) is 11.3 Å². The zero-order chi connectivity index (χ0) is 12.7. The lowest BCUT2D eigenvalue weighted by Crippen LogP contribution is -2.08. The summed E-state index contributed by atoms with van der Waals surface area (Å²) in [4.78, 5) is 14.4. The first-order chi connectivity index (χ1) is 8.65. The van der Waals surface area contributed by atoms with Gasteiger partial charge in [0.2, 0.25) is 5.95 Å². The van der Waals surface area contributed by atoms with E-state index in [0.717, 1.165) is 11.1 Å². The van der Waals surface area contributed by atoms with E-state index in [9.17, 15) is 9.18 Å². The second-order valence-electron chi connectivity index (χ2n) is 3.97. The van der Waals surface area contributed by atoms with E-state index in [-0.39, 0.29) is 12.2 Å². The van der Waals surface area contributed by atoms with Crippen LogP contribution in [0.5, 0.6) is 5.75 Å². The molecular weight excluding hydrogens is 237 g/mol. The molecule has 1 N–H and O–H groups in total. The number of ether oxygens (including phenoxy) is 1. The Bertz CT molecular complexity index is 655. The van der Waals surface area contributed by atoms with Gasteiger partial charge in [-0.05, 0) is 23.3 Å². The molecule has 0 bridgehead atoms. The number of nitrogens with zero attached hydrogens (tertiary/aromatic N) is 1. The van der Waals surface area contributed by atoms with Gasteiger partial charge in [-0.25, -0.2) is 9.78 Å². The van der Waals surface area contributed by atoms with Crippen LogP contribution in [0.25, 0.3) is 11.1 Å². The van der Waals surface area contributed by atoms with Gasteiger partial charge in [-0.2, -0.15) is 4.39 Å². The van der Waals surface area contributed by atoms with Crippen molar-refractivity contribution in [1.29, 1.82) is 0 Å². The van der Waals surface area contributed by atoms with Gasteiger partial charge in [0.15, 0.2) is 0 Å². The number of fused-ring (bicyclic) bond motifs is 3. The molecule has 0 radical (unpaired) electrons. The summed E-state index contributed by atoms with van der Waals surface area (Å²) >= 11 is 0. The minimum atomic E-state index is -0.996. The molecule has 0 unspecified atom stereocenters. The molecule has 3 rings (SSSR count). The molecule has 4 nitrogen and oxygen atoms in total. The zero-order valence-corrected chi connectivity index (χ0v) is 9.18. The topological polar surface area (TPSA) is 59.4 Å². The van der Waals surface area contributed by atoms with E-state index in [4.69, 9.17) is 9.84 Å². The molecule has 0 aliphatic carbocycles. The van der Waals surface area contributed by atoms with Crippen LogP contribution in [0.3, 0.4) is 0 Å². The highest BCUT2D eigenvalue weighted by Gasteiger charge is 2.19. The zero-order valence-electron chi connectivity index (χ0n) is 9.18. The molecule has 5 heteroatoms. The van der Waals surface area contributed by atoms with Crippen molar-refractivity contribution in [3.8, 4) is 16.9 Å². The maximum Gasteiger partial charge on any atom is 0.335 e. The average molecular weight is 245 g/mol. The number of carboxylic acids is 1. The predicted molar refractivity (Wildman–Crippen MR) is 60.9 cm³/mol. The van der Waals surface area contributed by atoms with Crippen molar-refractivity contribution >= 4 is 5.97 Å². The molecule has 90 valence electrons. The molecule has 1 aliphatic heterocycles. The number of rotatable bonds is 1. The Labute approximate surface area is 102 Å². The molecule has 0 spiro atoms. The first kappa shape index (κ1) is 10.7. The Kier molecular flexibility index (Phi) is 2.26. The van der Waals surface area contributed by atoms with Gasteiger partial charge in [0.25, 0.3) is 0 Å². The average Bonchev–Trinajstić information content (AvgIpc) is 2.37. The van der Waals surface area contributed by atoms with Crippen molar-refractivity contribution < 1.29 is 19.0 Å². The van der Waals surface area contributed by atoms with E-state index in [2.05, 4.69) is 4.98 Å². The van der Waals surface area contributed by atoms with Gasteiger partial charge in [0.1, 0.15) is 12.4 Å². The number of carbonyl (C=O) groups is 1. The Morgan fingerprint density at radius 2 is 2.17 bits per heavy atom.